The molecule has 3 nitrogen and oxygen atoms in total. The van der Waals surface area contributed by atoms with Crippen LogP contribution >= 0.6 is 11.8 Å². The van der Waals surface area contributed by atoms with E-state index >= 15 is 0 Å². The molecule has 3 aromatic rings. The standard InChI is InChI=1S/C22H21NO2S/c1-16(26-19-14-12-18(25-2)13-15-19)22(24)23-21-11-7-6-10-20(21)17-8-4-3-5-9-17/h3-16H,1-2H3,(H,23,24)/t16-/m0/s1. The molecule has 132 valence electrons. The van der Waals surface area contributed by atoms with Crippen LogP contribution in [-0.4, -0.2) is 18.3 Å². The lowest BCUT2D eigenvalue weighted by atomic mass is 10.0. The second-order valence-electron chi connectivity index (χ2n) is 5.84. The molecule has 0 saturated carbocycles. The summed E-state index contributed by atoms with van der Waals surface area (Å²) in [4.78, 5) is 13.7. The molecule has 26 heavy (non-hydrogen) atoms. The number of hydrogen-bond donors (Lipinski definition) is 1. The van der Waals surface area contributed by atoms with Gasteiger partial charge in [-0.3, -0.25) is 4.79 Å². The smallest absolute Gasteiger partial charge is 0.237 e. The first kappa shape index (κ1) is 18.1. The second kappa shape index (κ2) is 8.59. The Hall–Kier alpha value is -2.72. The maximum atomic E-state index is 12.7. The Morgan fingerprint density at radius 3 is 2.27 bits per heavy atom. The van der Waals surface area contributed by atoms with Gasteiger partial charge in [-0.1, -0.05) is 48.5 Å². The topological polar surface area (TPSA) is 38.3 Å². The first-order valence-electron chi connectivity index (χ1n) is 8.43. The van der Waals surface area contributed by atoms with Gasteiger partial charge in [-0.05, 0) is 42.8 Å². The van der Waals surface area contributed by atoms with Gasteiger partial charge in [-0.15, -0.1) is 11.8 Å². The molecule has 0 fully saturated rings. The zero-order valence-corrected chi connectivity index (χ0v) is 15.6. The Balaban J connectivity index is 1.71. The first-order chi connectivity index (χ1) is 12.7. The minimum atomic E-state index is -0.216. The minimum absolute atomic E-state index is 0.0193. The fraction of sp³-hybridized carbons (Fsp3) is 0.136. The Labute approximate surface area is 158 Å². The molecule has 1 N–H and O–H groups in total. The molecular weight excluding hydrogens is 342 g/mol. The van der Waals surface area contributed by atoms with Gasteiger partial charge in [0.25, 0.3) is 0 Å². The molecule has 4 heteroatoms. The summed E-state index contributed by atoms with van der Waals surface area (Å²) in [5.74, 6) is 0.789. The molecule has 0 radical (unpaired) electrons. The lowest BCUT2D eigenvalue weighted by Gasteiger charge is -2.15. The third kappa shape index (κ3) is 4.46. The van der Waals surface area contributed by atoms with E-state index in [1.54, 1.807) is 7.11 Å². The van der Waals surface area contributed by atoms with Crippen molar-refractivity contribution >= 4 is 23.4 Å². The van der Waals surface area contributed by atoms with Crippen molar-refractivity contribution in [2.45, 2.75) is 17.1 Å². The van der Waals surface area contributed by atoms with Crippen molar-refractivity contribution < 1.29 is 9.53 Å². The van der Waals surface area contributed by atoms with Crippen LogP contribution in [0.4, 0.5) is 5.69 Å². The Bertz CT molecular complexity index is 863. The van der Waals surface area contributed by atoms with Crippen molar-refractivity contribution in [3.63, 3.8) is 0 Å². The van der Waals surface area contributed by atoms with Gasteiger partial charge in [0.2, 0.25) is 5.91 Å². The van der Waals surface area contributed by atoms with Crippen LogP contribution < -0.4 is 10.1 Å². The quantitative estimate of drug-likeness (QED) is 0.589. The highest BCUT2D eigenvalue weighted by Gasteiger charge is 2.16. The normalized spacial score (nSPS) is 11.6. The SMILES string of the molecule is COc1ccc(S[C@@H](C)C(=O)Nc2ccccc2-c2ccccc2)cc1. The number of para-hydroxylation sites is 1. The summed E-state index contributed by atoms with van der Waals surface area (Å²) < 4.78 is 5.17. The number of hydrogen-bond acceptors (Lipinski definition) is 3. The molecule has 0 unspecified atom stereocenters. The predicted molar refractivity (Wildman–Crippen MR) is 109 cm³/mol. The number of nitrogens with one attached hydrogen (secondary N) is 1. The molecule has 0 bridgehead atoms. The van der Waals surface area contributed by atoms with Crippen LogP contribution in [0.5, 0.6) is 5.75 Å². The number of carbonyl (C=O) groups is 1. The van der Waals surface area contributed by atoms with Gasteiger partial charge in [-0.25, -0.2) is 0 Å². The zero-order chi connectivity index (χ0) is 18.4. The van der Waals surface area contributed by atoms with E-state index in [0.29, 0.717) is 0 Å². The Morgan fingerprint density at radius 2 is 1.58 bits per heavy atom. The average molecular weight is 363 g/mol. The number of amides is 1. The predicted octanol–water partition coefficient (Wildman–Crippen LogP) is 5.48. The van der Waals surface area contributed by atoms with E-state index in [9.17, 15) is 4.79 Å². The summed E-state index contributed by atoms with van der Waals surface area (Å²) in [5, 5.41) is 2.85. The molecule has 1 amide bonds. The van der Waals surface area contributed by atoms with Crippen molar-refractivity contribution in [2.75, 3.05) is 12.4 Å². The summed E-state index contributed by atoms with van der Waals surface area (Å²) in [6.45, 7) is 1.91. The van der Waals surface area contributed by atoms with Crippen LogP contribution in [-0.2, 0) is 4.79 Å². The molecule has 3 rings (SSSR count). The summed E-state index contributed by atoms with van der Waals surface area (Å²) in [6, 6.07) is 25.7. The Morgan fingerprint density at radius 1 is 0.923 bits per heavy atom. The van der Waals surface area contributed by atoms with Gasteiger partial charge in [0.1, 0.15) is 5.75 Å². The van der Waals surface area contributed by atoms with Crippen LogP contribution in [0, 0.1) is 0 Å². The van der Waals surface area contributed by atoms with Gasteiger partial charge >= 0.3 is 0 Å². The monoisotopic (exact) mass is 363 g/mol. The van der Waals surface area contributed by atoms with Crippen molar-refractivity contribution in [1.82, 2.24) is 0 Å². The Kier molecular flexibility index (Phi) is 5.97. The zero-order valence-electron chi connectivity index (χ0n) is 14.8. The van der Waals surface area contributed by atoms with E-state index in [1.807, 2.05) is 85.8 Å². The lowest BCUT2D eigenvalue weighted by Crippen LogP contribution is -2.22. The van der Waals surface area contributed by atoms with Crippen LogP contribution in [0.2, 0.25) is 0 Å². The van der Waals surface area contributed by atoms with Crippen LogP contribution in [0.25, 0.3) is 11.1 Å². The molecule has 0 aromatic heterocycles. The number of thioether (sulfide) groups is 1. The second-order valence-corrected chi connectivity index (χ2v) is 7.25. The van der Waals surface area contributed by atoms with Crippen molar-refractivity contribution in [1.29, 1.82) is 0 Å². The van der Waals surface area contributed by atoms with Crippen LogP contribution in [0.15, 0.2) is 83.8 Å². The molecule has 0 heterocycles. The van der Waals surface area contributed by atoms with E-state index in [-0.39, 0.29) is 11.2 Å². The van der Waals surface area contributed by atoms with E-state index in [1.165, 1.54) is 11.8 Å². The molecular formula is C22H21NO2S. The van der Waals surface area contributed by atoms with Gasteiger partial charge in [0, 0.05) is 16.1 Å². The highest BCUT2D eigenvalue weighted by Crippen LogP contribution is 2.30. The van der Waals surface area contributed by atoms with Gasteiger partial charge in [0.05, 0.1) is 12.4 Å². The molecule has 0 aliphatic heterocycles. The number of ether oxygens (including phenoxy) is 1. The fourth-order valence-corrected chi connectivity index (χ4v) is 3.48. The van der Waals surface area contributed by atoms with Crippen LogP contribution in [0.1, 0.15) is 6.92 Å². The molecule has 0 spiro atoms. The summed E-state index contributed by atoms with van der Waals surface area (Å²) >= 11 is 1.52. The van der Waals surface area contributed by atoms with Crippen molar-refractivity contribution in [2.24, 2.45) is 0 Å². The fourth-order valence-electron chi connectivity index (χ4n) is 2.61. The lowest BCUT2D eigenvalue weighted by molar-refractivity contribution is -0.115. The van der Waals surface area contributed by atoms with Crippen molar-refractivity contribution in [3.8, 4) is 16.9 Å². The first-order valence-corrected chi connectivity index (χ1v) is 9.31. The highest BCUT2D eigenvalue weighted by molar-refractivity contribution is 8.00. The number of anilines is 1. The summed E-state index contributed by atoms with van der Waals surface area (Å²) in [7, 11) is 1.64. The maximum absolute atomic E-state index is 12.7. The van der Waals surface area contributed by atoms with E-state index < -0.39 is 0 Å². The van der Waals surface area contributed by atoms with E-state index in [0.717, 1.165) is 27.5 Å². The number of carbonyl (C=O) groups excluding carboxylic acids is 1. The van der Waals surface area contributed by atoms with Crippen molar-refractivity contribution in [3.05, 3.63) is 78.9 Å². The number of methoxy groups -OCH3 is 1. The highest BCUT2D eigenvalue weighted by atomic mass is 32.2. The van der Waals surface area contributed by atoms with E-state index in [2.05, 4.69) is 5.32 Å². The average Bonchev–Trinajstić information content (AvgIpc) is 2.69. The molecule has 0 saturated heterocycles. The molecule has 0 aliphatic carbocycles. The third-order valence-corrected chi connectivity index (χ3v) is 5.12. The van der Waals surface area contributed by atoms with Gasteiger partial charge < -0.3 is 10.1 Å². The molecule has 1 atom stereocenters. The van der Waals surface area contributed by atoms with Gasteiger partial charge in [0.15, 0.2) is 0 Å². The third-order valence-electron chi connectivity index (χ3n) is 4.01. The molecule has 3 aromatic carbocycles. The van der Waals surface area contributed by atoms with Crippen LogP contribution in [0.3, 0.4) is 0 Å². The number of rotatable bonds is 6. The summed E-state index contributed by atoms with van der Waals surface area (Å²) in [5.41, 5.74) is 2.92. The molecule has 0 aliphatic rings. The number of benzene rings is 3. The maximum Gasteiger partial charge on any atom is 0.237 e. The van der Waals surface area contributed by atoms with Gasteiger partial charge in [-0.2, -0.15) is 0 Å². The van der Waals surface area contributed by atoms with E-state index in [4.69, 9.17) is 4.74 Å². The summed E-state index contributed by atoms with van der Waals surface area (Å²) in [6.07, 6.45) is 0. The minimum Gasteiger partial charge on any atom is -0.497 e. The largest absolute Gasteiger partial charge is 0.497 e.